The summed E-state index contributed by atoms with van der Waals surface area (Å²) in [6, 6.07) is 10.7. The van der Waals surface area contributed by atoms with Crippen LogP contribution in [-0.2, 0) is 12.3 Å². The van der Waals surface area contributed by atoms with Crippen molar-refractivity contribution in [1.29, 1.82) is 0 Å². The van der Waals surface area contributed by atoms with Gasteiger partial charge in [-0.2, -0.15) is 0 Å². The van der Waals surface area contributed by atoms with Gasteiger partial charge >= 0.3 is 0 Å². The maximum Gasteiger partial charge on any atom is 0.165 e. The van der Waals surface area contributed by atoms with Gasteiger partial charge in [-0.15, -0.1) is 0 Å². The summed E-state index contributed by atoms with van der Waals surface area (Å²) < 4.78 is 20.3. The average Bonchev–Trinajstić information content (AvgIpc) is 2.55. The maximum atomic E-state index is 6.78. The van der Waals surface area contributed by atoms with Crippen LogP contribution < -0.4 is 0 Å². The third-order valence-electron chi connectivity index (χ3n) is 5.69. The molecule has 0 heterocycles. The fourth-order valence-corrected chi connectivity index (χ4v) is 101. The molecule has 0 bridgehead atoms. The Balaban J connectivity index is 3.74. The van der Waals surface area contributed by atoms with Crippen molar-refractivity contribution in [2.24, 2.45) is 0 Å². The summed E-state index contributed by atoms with van der Waals surface area (Å²) in [5.74, 6) is 0. The molecule has 3 nitrogen and oxygen atoms in total. The van der Waals surface area contributed by atoms with Crippen molar-refractivity contribution in [2.45, 2.75) is 58.9 Å². The van der Waals surface area contributed by atoms with E-state index in [0.29, 0.717) is 0 Å². The van der Waals surface area contributed by atoms with Crippen LogP contribution in [0.25, 0.3) is 6.08 Å². The lowest BCUT2D eigenvalue weighted by atomic mass is 10.2. The molecule has 10 heteroatoms. The van der Waals surface area contributed by atoms with Crippen molar-refractivity contribution >= 4 is 65.5 Å². The van der Waals surface area contributed by atoms with Crippen LogP contribution in [-0.4, -0.2) is 59.4 Å². The minimum atomic E-state index is -2.05. The van der Waals surface area contributed by atoms with Crippen molar-refractivity contribution in [3.05, 3.63) is 41.6 Å². The van der Waals surface area contributed by atoms with Gasteiger partial charge in [0.1, 0.15) is 35.9 Å². The lowest BCUT2D eigenvalue weighted by Gasteiger charge is -2.56. The first-order chi connectivity index (χ1) is 12.5. The molecule has 0 saturated heterocycles. The molecule has 0 saturated carbocycles. The van der Waals surface area contributed by atoms with Crippen molar-refractivity contribution in [2.75, 3.05) is 0 Å². The molecule has 0 atom stereocenters. The van der Waals surface area contributed by atoms with Gasteiger partial charge in [-0.05, 0) is 44.8 Å². The van der Waals surface area contributed by atoms with Crippen LogP contribution in [0, 0.1) is 0 Å². The maximum absolute atomic E-state index is 6.78. The van der Waals surface area contributed by atoms with Crippen molar-refractivity contribution < 1.29 is 12.3 Å². The zero-order valence-corrected chi connectivity index (χ0v) is 27.1. The molecule has 0 aliphatic carbocycles. The zero-order valence-electron chi connectivity index (χ0n) is 18.9. The van der Waals surface area contributed by atoms with Crippen molar-refractivity contribution in [3.8, 4) is 0 Å². The van der Waals surface area contributed by atoms with Crippen molar-refractivity contribution in [3.63, 3.8) is 0 Å². The van der Waals surface area contributed by atoms with Gasteiger partial charge in [-0.1, -0.05) is 61.7 Å². The summed E-state index contributed by atoms with van der Waals surface area (Å²) in [5.41, 5.74) is 3.93. The Kier molecular flexibility index (Phi) is 9.79. The molecule has 1 aromatic carbocycles. The Bertz CT molecular complexity index is 560. The fraction of sp³-hybridized carbons (Fsp3) is 0.529. The molecule has 1 aromatic rings. The van der Waals surface area contributed by atoms with Crippen LogP contribution in [0.3, 0.4) is 0 Å². The molecule has 0 fully saturated rings. The molecule has 0 aromatic heterocycles. The van der Waals surface area contributed by atoms with Gasteiger partial charge in [0, 0.05) is 0 Å². The minimum absolute atomic E-state index is 0.475. The average molecular weight is 489 g/mol. The minimum Gasteiger partial charge on any atom is -0.463 e. The molecule has 154 valence electrons. The molecule has 0 amide bonds. The number of benzene rings is 1. The standard InChI is InChI=1S/C17H40O3Si7/c1-21-18-24(4,5)27(25(6,7)19-22-2,26(8,9)20-23-3)16-15-17-13-11-10-12-14-17/h10-16H,21-23H2,1-9H3. The van der Waals surface area contributed by atoms with Gasteiger partial charge in [0.15, 0.2) is 23.5 Å². The highest BCUT2D eigenvalue weighted by atomic mass is 29.9. The number of hydrogen-bond donors (Lipinski definition) is 0. The summed E-state index contributed by atoms with van der Waals surface area (Å²) in [6.07, 6.45) is 2.38. The van der Waals surface area contributed by atoms with E-state index in [2.05, 4.69) is 101 Å². The van der Waals surface area contributed by atoms with E-state index in [-0.39, 0.29) is 0 Å². The highest BCUT2D eigenvalue weighted by Crippen LogP contribution is 2.39. The van der Waals surface area contributed by atoms with E-state index < -0.39 is 59.4 Å². The largest absolute Gasteiger partial charge is 0.463 e. The Morgan fingerprint density at radius 2 is 1.04 bits per heavy atom. The predicted octanol–water partition coefficient (Wildman–Crippen LogP) is 2.98. The Morgan fingerprint density at radius 1 is 0.667 bits per heavy atom. The second kappa shape index (κ2) is 10.4. The molecule has 0 aliphatic rings. The van der Waals surface area contributed by atoms with Gasteiger partial charge in [-0.3, -0.25) is 0 Å². The van der Waals surface area contributed by atoms with E-state index >= 15 is 0 Å². The molecule has 1 rings (SSSR count). The monoisotopic (exact) mass is 488 g/mol. The second-order valence-electron chi connectivity index (χ2n) is 8.38. The number of rotatable bonds is 11. The first-order valence-corrected chi connectivity index (χ1v) is 29.9. The first kappa shape index (κ1) is 25.4. The van der Waals surface area contributed by atoms with E-state index in [1.807, 2.05) is 0 Å². The van der Waals surface area contributed by atoms with Crippen LogP contribution >= 0.6 is 0 Å². The summed E-state index contributed by atoms with van der Waals surface area (Å²) in [6.45, 7) is 19.7. The van der Waals surface area contributed by atoms with Crippen LogP contribution in [0.15, 0.2) is 36.0 Å². The molecule has 0 spiro atoms. The topological polar surface area (TPSA) is 27.7 Å². The molecule has 0 radical (unpaired) electrons. The summed E-state index contributed by atoms with van der Waals surface area (Å²) in [4.78, 5) is 0. The predicted molar refractivity (Wildman–Crippen MR) is 140 cm³/mol. The first-order valence-electron chi connectivity index (χ1n) is 10.2. The third-order valence-corrected chi connectivity index (χ3v) is 79.2. The van der Waals surface area contributed by atoms with E-state index in [9.17, 15) is 0 Å². The van der Waals surface area contributed by atoms with Crippen LogP contribution in [0.5, 0.6) is 0 Å². The van der Waals surface area contributed by atoms with E-state index in [1.54, 1.807) is 0 Å². The second-order valence-corrected chi connectivity index (χ2v) is 47.0. The van der Waals surface area contributed by atoms with Crippen LogP contribution in [0.4, 0.5) is 0 Å². The highest BCUT2D eigenvalue weighted by molar-refractivity contribution is 7.89. The Morgan fingerprint density at radius 3 is 1.37 bits per heavy atom. The van der Waals surface area contributed by atoms with E-state index in [4.69, 9.17) is 12.3 Å². The lowest BCUT2D eigenvalue weighted by Crippen LogP contribution is -2.86. The van der Waals surface area contributed by atoms with Gasteiger partial charge in [0.25, 0.3) is 0 Å². The van der Waals surface area contributed by atoms with E-state index in [1.165, 1.54) is 5.56 Å². The Labute approximate surface area is 177 Å². The van der Waals surface area contributed by atoms with Gasteiger partial charge < -0.3 is 12.3 Å². The third kappa shape index (κ3) is 5.49. The fourth-order valence-electron chi connectivity index (χ4n) is 4.99. The molecule has 0 N–H and O–H groups in total. The summed E-state index contributed by atoms with van der Waals surface area (Å²) in [5, 5.41) is 0. The van der Waals surface area contributed by atoms with Gasteiger partial charge in [-0.25, -0.2) is 0 Å². The highest BCUT2D eigenvalue weighted by Gasteiger charge is 2.69. The molecular formula is C17H40O3Si7. The lowest BCUT2D eigenvalue weighted by molar-refractivity contribution is 0.595. The molecule has 27 heavy (non-hydrogen) atoms. The number of hydrogen-bond acceptors (Lipinski definition) is 3. The summed E-state index contributed by atoms with van der Waals surface area (Å²) in [7, 11) is -7.28. The zero-order chi connectivity index (χ0) is 20.8. The van der Waals surface area contributed by atoms with Crippen LogP contribution in [0.1, 0.15) is 5.56 Å². The van der Waals surface area contributed by atoms with E-state index in [0.717, 1.165) is 0 Å². The normalized spacial score (nSPS) is 17.2. The molecule has 0 aliphatic heterocycles. The van der Waals surface area contributed by atoms with Crippen LogP contribution in [0.2, 0.25) is 58.9 Å². The van der Waals surface area contributed by atoms with Gasteiger partial charge in [0.2, 0.25) is 0 Å². The molecule has 0 unspecified atom stereocenters. The molecular weight excluding hydrogens is 449 g/mol. The summed E-state index contributed by atoms with van der Waals surface area (Å²) >= 11 is 0. The SMILES string of the molecule is C[SiH2]O[Si](C)(C)[Si](C=Cc1ccccc1)([Si](C)(C)O[SiH2]C)[Si](C)(C)O[SiH2]C. The smallest absolute Gasteiger partial charge is 0.165 e. The van der Waals surface area contributed by atoms with Crippen molar-refractivity contribution in [1.82, 2.24) is 0 Å². The quantitative estimate of drug-likeness (QED) is 0.448. The van der Waals surface area contributed by atoms with Gasteiger partial charge in [0.05, 0.1) is 0 Å². The Hall–Kier alpha value is 0.358.